The van der Waals surface area contributed by atoms with E-state index in [-0.39, 0.29) is 12.1 Å². The van der Waals surface area contributed by atoms with E-state index in [1.54, 1.807) is 6.92 Å². The first-order chi connectivity index (χ1) is 4.63. The van der Waals surface area contributed by atoms with Gasteiger partial charge in [0.15, 0.2) is 5.83 Å². The zero-order valence-electron chi connectivity index (χ0n) is 6.41. The van der Waals surface area contributed by atoms with Crippen LogP contribution in [0.5, 0.6) is 0 Å². The van der Waals surface area contributed by atoms with Crippen molar-refractivity contribution in [2.75, 3.05) is 7.05 Å². The van der Waals surface area contributed by atoms with Crippen LogP contribution in [-0.4, -0.2) is 12.8 Å². The van der Waals surface area contributed by atoms with Crippen molar-refractivity contribution in [3.8, 4) is 0 Å². The first kappa shape index (κ1) is 9.27. The molecule has 0 saturated carbocycles. The molecule has 0 N–H and O–H groups in total. The van der Waals surface area contributed by atoms with Gasteiger partial charge in [-0.15, -0.1) is 0 Å². The molecule has 0 atom stereocenters. The van der Waals surface area contributed by atoms with E-state index < -0.39 is 11.7 Å². The summed E-state index contributed by atoms with van der Waals surface area (Å²) in [5.74, 6) is -1.56. The fraction of sp³-hybridized carbons (Fsp3) is 0.571. The minimum Gasteiger partial charge on any atom is -0.290 e. The summed E-state index contributed by atoms with van der Waals surface area (Å²) >= 11 is 0. The lowest BCUT2D eigenvalue weighted by atomic mass is 10.3. The summed E-state index contributed by atoms with van der Waals surface area (Å²) in [4.78, 5) is 3.50. The van der Waals surface area contributed by atoms with Crippen LogP contribution >= 0.6 is 0 Å². The van der Waals surface area contributed by atoms with Gasteiger partial charge >= 0.3 is 0 Å². The lowest BCUT2D eigenvalue weighted by Crippen LogP contribution is -1.93. The number of aliphatic imine (C=N–C) groups is 1. The number of rotatable bonds is 2. The molecule has 0 heterocycles. The molecule has 58 valence electrons. The smallest absolute Gasteiger partial charge is 0.175 e. The quantitative estimate of drug-likeness (QED) is 0.532. The zero-order chi connectivity index (χ0) is 8.15. The first-order valence-electron chi connectivity index (χ1n) is 3.11. The number of hydrogen-bond acceptors (Lipinski definition) is 1. The molecule has 3 heteroatoms. The molecule has 1 nitrogen and oxygen atoms in total. The Morgan fingerprint density at radius 2 is 1.90 bits per heavy atom. The van der Waals surface area contributed by atoms with Crippen molar-refractivity contribution >= 4 is 5.71 Å². The largest absolute Gasteiger partial charge is 0.290 e. The molecule has 0 spiro atoms. The van der Waals surface area contributed by atoms with Crippen molar-refractivity contribution in [2.45, 2.75) is 20.3 Å². The normalized spacial score (nSPS) is 15.1. The van der Waals surface area contributed by atoms with Crippen LogP contribution in [0.25, 0.3) is 0 Å². The fourth-order valence-electron chi connectivity index (χ4n) is 0.450. The molecule has 0 bridgehead atoms. The van der Waals surface area contributed by atoms with Crippen LogP contribution in [0.15, 0.2) is 16.6 Å². The maximum atomic E-state index is 12.6. The van der Waals surface area contributed by atoms with Crippen molar-refractivity contribution in [3.05, 3.63) is 11.7 Å². The minimum absolute atomic E-state index is 0.0820. The average Bonchev–Trinajstić information content (AvgIpc) is 2.00. The second kappa shape index (κ2) is 4.14. The van der Waals surface area contributed by atoms with Gasteiger partial charge in [-0.2, -0.15) is 0 Å². The maximum absolute atomic E-state index is 12.6. The monoisotopic (exact) mass is 147 g/mol. The summed E-state index contributed by atoms with van der Waals surface area (Å²) in [6.07, 6.45) is 0.0820. The Labute approximate surface area is 59.5 Å². The summed E-state index contributed by atoms with van der Waals surface area (Å²) in [7, 11) is 1.43. The molecule has 0 saturated heterocycles. The van der Waals surface area contributed by atoms with Crippen LogP contribution in [0.1, 0.15) is 20.3 Å². The number of allylic oxidation sites excluding steroid dienone is 2. The fourth-order valence-corrected chi connectivity index (χ4v) is 0.450. The van der Waals surface area contributed by atoms with Crippen LogP contribution in [0.2, 0.25) is 0 Å². The van der Waals surface area contributed by atoms with Gasteiger partial charge in [0.2, 0.25) is 0 Å². The van der Waals surface area contributed by atoms with Gasteiger partial charge in [-0.25, -0.2) is 8.78 Å². The van der Waals surface area contributed by atoms with Crippen LogP contribution in [0, 0.1) is 0 Å². The van der Waals surface area contributed by atoms with E-state index >= 15 is 0 Å². The van der Waals surface area contributed by atoms with Crippen LogP contribution in [0.3, 0.4) is 0 Å². The van der Waals surface area contributed by atoms with Crippen LogP contribution in [0.4, 0.5) is 8.78 Å². The maximum Gasteiger partial charge on any atom is 0.175 e. The predicted molar refractivity (Wildman–Crippen MR) is 38.6 cm³/mol. The lowest BCUT2D eigenvalue weighted by Gasteiger charge is -1.95. The van der Waals surface area contributed by atoms with Crippen molar-refractivity contribution in [1.82, 2.24) is 0 Å². The summed E-state index contributed by atoms with van der Waals surface area (Å²) < 4.78 is 25.0. The number of hydrogen-bond donors (Lipinski definition) is 0. The third-order valence-electron chi connectivity index (χ3n) is 1.20. The number of halogens is 2. The van der Waals surface area contributed by atoms with E-state index in [1.807, 2.05) is 0 Å². The lowest BCUT2D eigenvalue weighted by molar-refractivity contribution is 0.539. The van der Waals surface area contributed by atoms with Crippen LogP contribution < -0.4 is 0 Å². The molecule has 0 rings (SSSR count). The molecular formula is C7H11F2N. The molecule has 0 aromatic rings. The molecule has 0 aromatic carbocycles. The second-order valence-corrected chi connectivity index (χ2v) is 1.88. The third kappa shape index (κ3) is 2.25. The van der Waals surface area contributed by atoms with Gasteiger partial charge < -0.3 is 0 Å². The second-order valence-electron chi connectivity index (χ2n) is 1.88. The highest BCUT2D eigenvalue weighted by Gasteiger charge is 2.05. The molecular weight excluding hydrogens is 136 g/mol. The van der Waals surface area contributed by atoms with E-state index in [4.69, 9.17) is 0 Å². The SMILES string of the molecule is CCC(F)=C(F)C(C)=NC. The van der Waals surface area contributed by atoms with Gasteiger partial charge in [0.25, 0.3) is 0 Å². The van der Waals surface area contributed by atoms with Gasteiger partial charge in [-0.3, -0.25) is 4.99 Å². The predicted octanol–water partition coefficient (Wildman–Crippen LogP) is 2.64. The molecule has 0 aromatic heterocycles. The average molecular weight is 147 g/mol. The van der Waals surface area contributed by atoms with E-state index in [0.29, 0.717) is 0 Å². The van der Waals surface area contributed by atoms with E-state index in [2.05, 4.69) is 4.99 Å². The molecule has 10 heavy (non-hydrogen) atoms. The first-order valence-corrected chi connectivity index (χ1v) is 3.11. The Hall–Kier alpha value is -0.730. The Kier molecular flexibility index (Phi) is 3.84. The van der Waals surface area contributed by atoms with E-state index in [9.17, 15) is 8.78 Å². The molecule has 0 amide bonds. The molecule has 0 unspecified atom stereocenters. The topological polar surface area (TPSA) is 12.4 Å². The van der Waals surface area contributed by atoms with Crippen molar-refractivity contribution < 1.29 is 8.78 Å². The standard InChI is InChI=1S/C7H11F2N/c1-4-6(8)7(9)5(2)10-3/h4H2,1-3H3. The van der Waals surface area contributed by atoms with Gasteiger partial charge in [-0.1, -0.05) is 6.92 Å². The molecule has 0 radical (unpaired) electrons. The van der Waals surface area contributed by atoms with E-state index in [1.165, 1.54) is 14.0 Å². The molecule has 0 aliphatic carbocycles. The third-order valence-corrected chi connectivity index (χ3v) is 1.20. The van der Waals surface area contributed by atoms with Crippen molar-refractivity contribution in [2.24, 2.45) is 4.99 Å². The highest BCUT2D eigenvalue weighted by atomic mass is 19.2. The summed E-state index contributed by atoms with van der Waals surface area (Å²) in [5, 5.41) is 0. The van der Waals surface area contributed by atoms with Crippen molar-refractivity contribution in [3.63, 3.8) is 0 Å². The Morgan fingerprint density at radius 3 is 2.20 bits per heavy atom. The van der Waals surface area contributed by atoms with Gasteiger partial charge in [0, 0.05) is 7.05 Å². The van der Waals surface area contributed by atoms with E-state index in [0.717, 1.165) is 0 Å². The highest BCUT2D eigenvalue weighted by Crippen LogP contribution is 2.12. The molecule has 0 aliphatic heterocycles. The Balaban J connectivity index is 4.46. The Bertz CT molecular complexity index is 170. The van der Waals surface area contributed by atoms with Gasteiger partial charge in [0.05, 0.1) is 5.71 Å². The zero-order valence-corrected chi connectivity index (χ0v) is 6.41. The molecule has 0 aliphatic rings. The summed E-state index contributed by atoms with van der Waals surface area (Å²) in [6.45, 7) is 2.99. The van der Waals surface area contributed by atoms with Gasteiger partial charge in [-0.05, 0) is 13.3 Å². The highest BCUT2D eigenvalue weighted by molar-refractivity contribution is 5.96. The summed E-state index contributed by atoms with van der Waals surface area (Å²) in [5.41, 5.74) is 0.111. The van der Waals surface area contributed by atoms with Crippen molar-refractivity contribution in [1.29, 1.82) is 0 Å². The van der Waals surface area contributed by atoms with Gasteiger partial charge in [0.1, 0.15) is 5.83 Å². The minimum atomic E-state index is -0.829. The summed E-state index contributed by atoms with van der Waals surface area (Å²) in [6, 6.07) is 0. The number of nitrogens with zero attached hydrogens (tertiary/aromatic N) is 1. The Morgan fingerprint density at radius 1 is 1.40 bits per heavy atom. The van der Waals surface area contributed by atoms with Crippen LogP contribution in [-0.2, 0) is 0 Å². The molecule has 0 fully saturated rings.